The van der Waals surface area contributed by atoms with Crippen LogP contribution in [0.4, 0.5) is 5.69 Å². The van der Waals surface area contributed by atoms with Crippen molar-refractivity contribution in [2.45, 2.75) is 6.92 Å². The zero-order chi connectivity index (χ0) is 17.7. The summed E-state index contributed by atoms with van der Waals surface area (Å²) < 4.78 is 5.14. The summed E-state index contributed by atoms with van der Waals surface area (Å²) in [6.07, 6.45) is 0. The minimum absolute atomic E-state index is 0.258. The van der Waals surface area contributed by atoms with E-state index in [4.69, 9.17) is 16.3 Å². The number of carbonyl (C=O) groups excluding carboxylic acids is 1. The molecule has 24 heavy (non-hydrogen) atoms. The second-order valence-electron chi connectivity index (χ2n) is 4.95. The monoisotopic (exact) mass is 342 g/mol. The molecular formula is C18H15ClN2O3. The van der Waals surface area contributed by atoms with Crippen LogP contribution in [0.5, 0.6) is 5.75 Å². The van der Waals surface area contributed by atoms with Crippen LogP contribution in [-0.2, 0) is 4.79 Å². The lowest BCUT2D eigenvalue weighted by Gasteiger charge is -2.10. The van der Waals surface area contributed by atoms with Crippen LogP contribution in [-0.4, -0.2) is 18.1 Å². The number of methoxy groups -OCH3 is 1. The molecule has 0 saturated carbocycles. The van der Waals surface area contributed by atoms with Crippen molar-refractivity contribution in [2.75, 3.05) is 12.4 Å². The summed E-state index contributed by atoms with van der Waals surface area (Å²) in [5.41, 5.74) is 1.13. The molecule has 0 atom stereocenters. The summed E-state index contributed by atoms with van der Waals surface area (Å²) in [7, 11) is 1.44. The van der Waals surface area contributed by atoms with Crippen LogP contribution < -0.4 is 10.1 Å². The third kappa shape index (κ3) is 3.67. The number of benzene rings is 2. The van der Waals surface area contributed by atoms with Crippen molar-refractivity contribution in [1.29, 1.82) is 5.26 Å². The van der Waals surface area contributed by atoms with Crippen LogP contribution in [0.15, 0.2) is 48.0 Å². The summed E-state index contributed by atoms with van der Waals surface area (Å²) in [6.45, 7) is 1.84. The fraction of sp³-hybridized carbons (Fsp3) is 0.111. The Morgan fingerprint density at radius 2 is 2.00 bits per heavy atom. The molecule has 0 bridgehead atoms. The van der Waals surface area contributed by atoms with Gasteiger partial charge in [0.15, 0.2) is 5.57 Å². The second kappa shape index (κ2) is 7.53. The lowest BCUT2D eigenvalue weighted by molar-refractivity contribution is -0.112. The van der Waals surface area contributed by atoms with E-state index in [9.17, 15) is 15.2 Å². The number of aryl methyl sites for hydroxylation is 1. The fourth-order valence-electron chi connectivity index (χ4n) is 2.05. The topological polar surface area (TPSA) is 82.3 Å². The first-order chi connectivity index (χ1) is 11.5. The number of para-hydroxylation sites is 1. The number of aliphatic hydroxyl groups excluding tert-OH is 1. The van der Waals surface area contributed by atoms with Gasteiger partial charge in [0, 0.05) is 10.7 Å². The molecule has 2 N–H and O–H groups in total. The van der Waals surface area contributed by atoms with Gasteiger partial charge < -0.3 is 15.2 Å². The third-order valence-electron chi connectivity index (χ3n) is 3.37. The first kappa shape index (κ1) is 17.4. The SMILES string of the molecule is COc1ccccc1/C(O)=C(\C#N)C(=O)Nc1ccc(C)c(Cl)c1. The number of nitriles is 1. The van der Waals surface area contributed by atoms with E-state index in [1.54, 1.807) is 48.5 Å². The molecule has 2 rings (SSSR count). The second-order valence-corrected chi connectivity index (χ2v) is 5.36. The molecule has 0 fully saturated rings. The minimum atomic E-state index is -0.735. The standard InChI is InChI=1S/C18H15ClN2O3/c1-11-7-8-12(9-15(11)19)21-18(23)14(10-20)17(22)13-5-3-4-6-16(13)24-2/h3-9,22H,1-2H3,(H,21,23)/b17-14-. The lowest BCUT2D eigenvalue weighted by Crippen LogP contribution is -2.15. The molecular weight excluding hydrogens is 328 g/mol. The average Bonchev–Trinajstić information content (AvgIpc) is 2.58. The Morgan fingerprint density at radius 3 is 2.62 bits per heavy atom. The molecule has 0 radical (unpaired) electrons. The van der Waals surface area contributed by atoms with Crippen molar-refractivity contribution in [3.63, 3.8) is 0 Å². The summed E-state index contributed by atoms with van der Waals surface area (Å²) in [5, 5.41) is 22.6. The Bertz CT molecular complexity index is 854. The summed E-state index contributed by atoms with van der Waals surface area (Å²) in [4.78, 5) is 12.3. The van der Waals surface area contributed by atoms with Crippen LogP contribution in [0.1, 0.15) is 11.1 Å². The molecule has 0 aliphatic rings. The molecule has 2 aromatic carbocycles. The summed E-state index contributed by atoms with van der Waals surface area (Å²) >= 11 is 6.01. The molecule has 122 valence electrons. The highest BCUT2D eigenvalue weighted by atomic mass is 35.5. The average molecular weight is 343 g/mol. The number of nitrogens with one attached hydrogen (secondary N) is 1. The number of hydrogen-bond acceptors (Lipinski definition) is 4. The quantitative estimate of drug-likeness (QED) is 0.498. The predicted octanol–water partition coefficient (Wildman–Crippen LogP) is 4.09. The molecule has 0 aliphatic heterocycles. The first-order valence-electron chi connectivity index (χ1n) is 7.02. The van der Waals surface area contributed by atoms with E-state index in [-0.39, 0.29) is 5.56 Å². The fourth-order valence-corrected chi connectivity index (χ4v) is 2.23. The smallest absolute Gasteiger partial charge is 0.270 e. The highest BCUT2D eigenvalue weighted by molar-refractivity contribution is 6.31. The Labute approximate surface area is 144 Å². The van der Waals surface area contributed by atoms with Crippen LogP contribution >= 0.6 is 11.6 Å². The summed E-state index contributed by atoms with van der Waals surface area (Å²) in [5.74, 6) is -0.833. The largest absolute Gasteiger partial charge is 0.506 e. The molecule has 6 heteroatoms. The minimum Gasteiger partial charge on any atom is -0.506 e. The highest BCUT2D eigenvalue weighted by Crippen LogP contribution is 2.27. The Balaban J connectivity index is 2.37. The maximum Gasteiger partial charge on any atom is 0.270 e. The summed E-state index contributed by atoms with van der Waals surface area (Å²) in [6, 6.07) is 13.3. The van der Waals surface area contributed by atoms with E-state index < -0.39 is 17.2 Å². The van der Waals surface area contributed by atoms with Crippen molar-refractivity contribution in [1.82, 2.24) is 0 Å². The Hall–Kier alpha value is -2.97. The lowest BCUT2D eigenvalue weighted by atomic mass is 10.1. The van der Waals surface area contributed by atoms with Gasteiger partial charge in [0.1, 0.15) is 17.6 Å². The van der Waals surface area contributed by atoms with Gasteiger partial charge >= 0.3 is 0 Å². The van der Waals surface area contributed by atoms with E-state index in [2.05, 4.69) is 5.32 Å². The number of aliphatic hydroxyl groups is 1. The van der Waals surface area contributed by atoms with Gasteiger partial charge in [0.25, 0.3) is 5.91 Å². The van der Waals surface area contributed by atoms with Gasteiger partial charge in [0.05, 0.1) is 12.7 Å². The van der Waals surface area contributed by atoms with Crippen molar-refractivity contribution in [3.05, 3.63) is 64.2 Å². The number of halogens is 1. The molecule has 0 aliphatic carbocycles. The number of carbonyl (C=O) groups is 1. The Kier molecular flexibility index (Phi) is 5.46. The third-order valence-corrected chi connectivity index (χ3v) is 3.77. The molecule has 0 aromatic heterocycles. The number of amides is 1. The number of nitrogens with zero attached hydrogens (tertiary/aromatic N) is 1. The zero-order valence-electron chi connectivity index (χ0n) is 13.1. The van der Waals surface area contributed by atoms with Gasteiger partial charge in [-0.3, -0.25) is 4.79 Å². The maximum absolute atomic E-state index is 12.3. The number of hydrogen-bond donors (Lipinski definition) is 2. The molecule has 0 spiro atoms. The van der Waals surface area contributed by atoms with Crippen molar-refractivity contribution in [2.24, 2.45) is 0 Å². The molecule has 0 unspecified atom stereocenters. The van der Waals surface area contributed by atoms with Crippen molar-refractivity contribution < 1.29 is 14.6 Å². The molecule has 2 aromatic rings. The maximum atomic E-state index is 12.3. The van der Waals surface area contributed by atoms with E-state index in [0.29, 0.717) is 16.5 Å². The van der Waals surface area contributed by atoms with E-state index >= 15 is 0 Å². The van der Waals surface area contributed by atoms with E-state index in [1.807, 2.05) is 6.92 Å². The van der Waals surface area contributed by atoms with Gasteiger partial charge in [-0.1, -0.05) is 29.8 Å². The van der Waals surface area contributed by atoms with Crippen molar-refractivity contribution >= 4 is 29.0 Å². The first-order valence-corrected chi connectivity index (χ1v) is 7.40. The number of ether oxygens (including phenoxy) is 1. The van der Waals surface area contributed by atoms with E-state index in [1.165, 1.54) is 7.11 Å². The van der Waals surface area contributed by atoms with Crippen molar-refractivity contribution in [3.8, 4) is 11.8 Å². The normalized spacial score (nSPS) is 11.2. The molecule has 0 saturated heterocycles. The predicted molar refractivity (Wildman–Crippen MR) is 93.0 cm³/mol. The van der Waals surface area contributed by atoms with E-state index in [0.717, 1.165) is 5.56 Å². The van der Waals surface area contributed by atoms with Crippen LogP contribution in [0.2, 0.25) is 5.02 Å². The van der Waals surface area contributed by atoms with Gasteiger partial charge in [0.2, 0.25) is 0 Å². The highest BCUT2D eigenvalue weighted by Gasteiger charge is 2.19. The molecule has 1 amide bonds. The van der Waals surface area contributed by atoms with Crippen LogP contribution in [0, 0.1) is 18.3 Å². The van der Waals surface area contributed by atoms with Crippen LogP contribution in [0.3, 0.4) is 0 Å². The van der Waals surface area contributed by atoms with Crippen LogP contribution in [0.25, 0.3) is 5.76 Å². The molecule has 0 heterocycles. The van der Waals surface area contributed by atoms with Gasteiger partial charge in [-0.2, -0.15) is 5.26 Å². The number of anilines is 1. The Morgan fingerprint density at radius 1 is 1.29 bits per heavy atom. The molecule has 5 nitrogen and oxygen atoms in total. The zero-order valence-corrected chi connectivity index (χ0v) is 13.9. The van der Waals surface area contributed by atoms with Gasteiger partial charge in [-0.05, 0) is 36.8 Å². The van der Waals surface area contributed by atoms with Gasteiger partial charge in [-0.25, -0.2) is 0 Å². The van der Waals surface area contributed by atoms with Gasteiger partial charge in [-0.15, -0.1) is 0 Å². The number of rotatable bonds is 4.